The smallest absolute Gasteiger partial charge is 0.339 e. The zero-order chi connectivity index (χ0) is 21.1. The Bertz CT molecular complexity index is 952. The topological polar surface area (TPSA) is 52.6 Å². The SMILES string of the molecule is CC1CC=C(C(=O)Oc2cccc3cccc(OC(=O)C4=CCC(C)CC4)c23)CC1. The minimum absolute atomic E-state index is 0.320. The molecule has 4 heteroatoms. The van der Waals surface area contributed by atoms with Crippen molar-refractivity contribution < 1.29 is 19.1 Å². The van der Waals surface area contributed by atoms with Crippen LogP contribution in [0.15, 0.2) is 59.7 Å². The van der Waals surface area contributed by atoms with Crippen LogP contribution in [0.1, 0.15) is 52.4 Å². The molecule has 0 aliphatic heterocycles. The third-order valence-electron chi connectivity index (χ3n) is 6.10. The molecule has 2 atom stereocenters. The molecule has 0 saturated heterocycles. The summed E-state index contributed by atoms with van der Waals surface area (Å²) < 4.78 is 11.5. The standard InChI is InChI=1S/C26H28O4/c1-17-9-13-20(14-10-17)25(27)29-22-7-3-5-19-6-4-8-23(24(19)22)30-26(28)21-15-11-18(2)12-16-21/h3-8,13,15,17-18H,9-12,14,16H2,1-2H3. The van der Waals surface area contributed by atoms with Crippen molar-refractivity contribution in [3.8, 4) is 11.5 Å². The Balaban J connectivity index is 1.60. The summed E-state index contributed by atoms with van der Waals surface area (Å²) in [5.41, 5.74) is 1.45. The van der Waals surface area contributed by atoms with Gasteiger partial charge in [0.05, 0.1) is 5.39 Å². The second-order valence-corrected chi connectivity index (χ2v) is 8.61. The van der Waals surface area contributed by atoms with Gasteiger partial charge in [-0.3, -0.25) is 0 Å². The summed E-state index contributed by atoms with van der Waals surface area (Å²) >= 11 is 0. The van der Waals surface area contributed by atoms with E-state index >= 15 is 0 Å². The van der Waals surface area contributed by atoms with Gasteiger partial charge in [-0.05, 0) is 67.9 Å². The number of carbonyl (C=O) groups is 2. The van der Waals surface area contributed by atoms with Crippen molar-refractivity contribution in [2.45, 2.75) is 52.4 Å². The molecule has 2 aromatic rings. The first kappa shape index (κ1) is 20.4. The van der Waals surface area contributed by atoms with E-state index in [0.29, 0.717) is 28.7 Å². The molecule has 0 amide bonds. The Kier molecular flexibility index (Phi) is 6.03. The van der Waals surface area contributed by atoms with E-state index in [1.165, 1.54) is 0 Å². The van der Waals surface area contributed by atoms with Crippen molar-refractivity contribution >= 4 is 22.7 Å². The summed E-state index contributed by atoms with van der Waals surface area (Å²) in [5.74, 6) is 1.40. The van der Waals surface area contributed by atoms with Crippen molar-refractivity contribution in [2.24, 2.45) is 11.8 Å². The molecule has 30 heavy (non-hydrogen) atoms. The largest absolute Gasteiger partial charge is 0.422 e. The van der Waals surface area contributed by atoms with Gasteiger partial charge in [0.1, 0.15) is 11.5 Å². The number of ether oxygens (including phenoxy) is 2. The van der Waals surface area contributed by atoms with Crippen molar-refractivity contribution in [3.63, 3.8) is 0 Å². The number of rotatable bonds is 4. The first-order chi connectivity index (χ1) is 14.5. The fraction of sp³-hybridized carbons (Fsp3) is 0.385. The quantitative estimate of drug-likeness (QED) is 0.453. The lowest BCUT2D eigenvalue weighted by atomic mass is 9.91. The van der Waals surface area contributed by atoms with Crippen LogP contribution in [0.5, 0.6) is 11.5 Å². The number of hydrogen-bond donors (Lipinski definition) is 0. The van der Waals surface area contributed by atoms with Gasteiger partial charge in [-0.25, -0.2) is 9.59 Å². The molecule has 4 nitrogen and oxygen atoms in total. The van der Waals surface area contributed by atoms with Crippen molar-refractivity contribution in [3.05, 3.63) is 59.7 Å². The Morgan fingerprint density at radius 2 is 1.23 bits per heavy atom. The lowest BCUT2D eigenvalue weighted by Gasteiger charge is -2.19. The van der Waals surface area contributed by atoms with E-state index in [-0.39, 0.29) is 11.9 Å². The van der Waals surface area contributed by atoms with Crippen LogP contribution >= 0.6 is 0 Å². The average molecular weight is 405 g/mol. The van der Waals surface area contributed by atoms with Crippen LogP contribution in [0, 0.1) is 11.8 Å². The zero-order valence-electron chi connectivity index (χ0n) is 17.6. The van der Waals surface area contributed by atoms with Crippen LogP contribution < -0.4 is 9.47 Å². The fourth-order valence-corrected chi connectivity index (χ4v) is 4.08. The highest BCUT2D eigenvalue weighted by Gasteiger charge is 2.22. The van der Waals surface area contributed by atoms with E-state index in [0.717, 1.165) is 55.1 Å². The summed E-state index contributed by atoms with van der Waals surface area (Å²) in [6.45, 7) is 4.37. The molecular weight excluding hydrogens is 376 g/mol. The van der Waals surface area contributed by atoms with Gasteiger partial charge < -0.3 is 9.47 Å². The minimum Gasteiger partial charge on any atom is -0.422 e. The van der Waals surface area contributed by atoms with Crippen molar-refractivity contribution in [2.75, 3.05) is 0 Å². The van der Waals surface area contributed by atoms with Crippen LogP contribution in [0.25, 0.3) is 10.8 Å². The highest BCUT2D eigenvalue weighted by molar-refractivity contribution is 6.00. The predicted molar refractivity (Wildman–Crippen MR) is 117 cm³/mol. The van der Waals surface area contributed by atoms with Crippen LogP contribution in [0.2, 0.25) is 0 Å². The van der Waals surface area contributed by atoms with E-state index in [1.54, 1.807) is 12.1 Å². The van der Waals surface area contributed by atoms with Gasteiger partial charge in [0.15, 0.2) is 0 Å². The molecule has 0 bridgehead atoms. The molecule has 2 unspecified atom stereocenters. The molecule has 156 valence electrons. The molecule has 2 aliphatic rings. The highest BCUT2D eigenvalue weighted by atomic mass is 16.5. The Morgan fingerprint density at radius 3 is 1.63 bits per heavy atom. The van der Waals surface area contributed by atoms with Gasteiger partial charge in [-0.2, -0.15) is 0 Å². The maximum absolute atomic E-state index is 12.7. The molecule has 0 spiro atoms. The van der Waals surface area contributed by atoms with Crippen LogP contribution in [-0.2, 0) is 9.59 Å². The average Bonchev–Trinajstić information content (AvgIpc) is 2.75. The molecule has 0 saturated carbocycles. The van der Waals surface area contributed by atoms with Crippen LogP contribution in [-0.4, -0.2) is 11.9 Å². The monoisotopic (exact) mass is 404 g/mol. The predicted octanol–water partition coefficient (Wildman–Crippen LogP) is 6.14. The van der Waals surface area contributed by atoms with Crippen LogP contribution in [0.3, 0.4) is 0 Å². The first-order valence-electron chi connectivity index (χ1n) is 10.9. The summed E-state index contributed by atoms with van der Waals surface area (Å²) in [4.78, 5) is 25.4. The Labute approximate surface area is 177 Å². The summed E-state index contributed by atoms with van der Waals surface area (Å²) in [5, 5.41) is 1.51. The summed E-state index contributed by atoms with van der Waals surface area (Å²) in [6.07, 6.45) is 9.23. The highest BCUT2D eigenvalue weighted by Crippen LogP contribution is 2.36. The molecule has 2 aromatic carbocycles. The minimum atomic E-state index is -0.320. The molecular formula is C26H28O4. The normalized spacial score (nSPS) is 21.5. The molecule has 4 rings (SSSR count). The van der Waals surface area contributed by atoms with E-state index in [9.17, 15) is 9.59 Å². The van der Waals surface area contributed by atoms with Gasteiger partial charge in [0.2, 0.25) is 0 Å². The van der Waals surface area contributed by atoms with Gasteiger partial charge in [0, 0.05) is 11.1 Å². The van der Waals surface area contributed by atoms with Gasteiger partial charge >= 0.3 is 11.9 Å². The van der Waals surface area contributed by atoms with Crippen molar-refractivity contribution in [1.29, 1.82) is 0 Å². The zero-order valence-corrected chi connectivity index (χ0v) is 17.6. The fourth-order valence-electron chi connectivity index (χ4n) is 4.08. The van der Waals surface area contributed by atoms with Crippen LogP contribution in [0.4, 0.5) is 0 Å². The lowest BCUT2D eigenvalue weighted by molar-refractivity contribution is -0.130. The number of carbonyl (C=O) groups excluding carboxylic acids is 2. The number of hydrogen-bond acceptors (Lipinski definition) is 4. The summed E-state index contributed by atoms with van der Waals surface area (Å²) in [6, 6.07) is 11.0. The molecule has 0 aromatic heterocycles. The maximum Gasteiger partial charge on any atom is 0.339 e. The molecule has 2 aliphatic carbocycles. The third-order valence-corrected chi connectivity index (χ3v) is 6.10. The number of esters is 2. The second kappa shape index (κ2) is 8.86. The Morgan fingerprint density at radius 1 is 0.767 bits per heavy atom. The van der Waals surface area contributed by atoms with E-state index in [1.807, 2.05) is 36.4 Å². The first-order valence-corrected chi connectivity index (χ1v) is 10.9. The Hall–Kier alpha value is -2.88. The summed E-state index contributed by atoms with van der Waals surface area (Å²) in [7, 11) is 0. The maximum atomic E-state index is 12.7. The molecule has 0 fully saturated rings. The second-order valence-electron chi connectivity index (χ2n) is 8.61. The van der Waals surface area contributed by atoms with Gasteiger partial charge in [-0.15, -0.1) is 0 Å². The van der Waals surface area contributed by atoms with Gasteiger partial charge in [-0.1, -0.05) is 50.3 Å². The number of benzene rings is 2. The molecule has 0 radical (unpaired) electrons. The lowest BCUT2D eigenvalue weighted by Crippen LogP contribution is -2.16. The number of fused-ring (bicyclic) bond motifs is 1. The van der Waals surface area contributed by atoms with E-state index in [2.05, 4.69) is 13.8 Å². The van der Waals surface area contributed by atoms with Crippen molar-refractivity contribution in [1.82, 2.24) is 0 Å². The van der Waals surface area contributed by atoms with E-state index in [4.69, 9.17) is 9.47 Å². The molecule has 0 heterocycles. The molecule has 0 N–H and O–H groups in total. The van der Waals surface area contributed by atoms with Gasteiger partial charge in [0.25, 0.3) is 0 Å². The third kappa shape index (κ3) is 4.48. The number of allylic oxidation sites excluding steroid dienone is 2. The van der Waals surface area contributed by atoms with E-state index < -0.39 is 0 Å².